The second-order valence-electron chi connectivity index (χ2n) is 5.39. The van der Waals surface area contributed by atoms with Crippen molar-refractivity contribution in [1.82, 2.24) is 0 Å². The van der Waals surface area contributed by atoms with Gasteiger partial charge in [-0.25, -0.2) is 0 Å². The first-order chi connectivity index (χ1) is 10.3. The van der Waals surface area contributed by atoms with Crippen molar-refractivity contribution in [3.8, 4) is 0 Å². The molecule has 2 aromatic rings. The van der Waals surface area contributed by atoms with Gasteiger partial charge in [-0.3, -0.25) is 4.79 Å². The maximum absolute atomic E-state index is 12.1. The summed E-state index contributed by atoms with van der Waals surface area (Å²) in [5.41, 5.74) is 2.23. The molecule has 0 aromatic heterocycles. The summed E-state index contributed by atoms with van der Waals surface area (Å²) < 4.78 is 0. The highest BCUT2D eigenvalue weighted by molar-refractivity contribution is 7.98. The van der Waals surface area contributed by atoms with E-state index in [0.717, 1.165) is 29.2 Å². The van der Waals surface area contributed by atoms with E-state index >= 15 is 0 Å². The molecule has 0 bridgehead atoms. The molecule has 3 rings (SSSR count). The molecule has 0 saturated heterocycles. The van der Waals surface area contributed by atoms with Gasteiger partial charge in [0.05, 0.1) is 5.69 Å². The van der Waals surface area contributed by atoms with Gasteiger partial charge in [-0.15, -0.1) is 11.8 Å². The topological polar surface area (TPSA) is 29.1 Å². The Morgan fingerprint density at radius 2 is 1.76 bits per heavy atom. The minimum atomic E-state index is 0.175. The van der Waals surface area contributed by atoms with Crippen molar-refractivity contribution in [3.63, 3.8) is 0 Å². The van der Waals surface area contributed by atoms with E-state index in [2.05, 4.69) is 35.6 Å². The van der Waals surface area contributed by atoms with Crippen molar-refractivity contribution in [1.29, 1.82) is 0 Å². The molecule has 108 valence electrons. The SMILES string of the molecule is O=C(Nc1ccccc1SCc1ccccc1)C1CCC1. The van der Waals surface area contributed by atoms with Crippen LogP contribution in [0.5, 0.6) is 0 Å². The number of anilines is 1. The molecule has 2 nitrogen and oxygen atoms in total. The molecule has 0 radical (unpaired) electrons. The Kier molecular flexibility index (Phi) is 4.61. The minimum Gasteiger partial charge on any atom is -0.325 e. The van der Waals surface area contributed by atoms with Gasteiger partial charge in [-0.05, 0) is 30.5 Å². The lowest BCUT2D eigenvalue weighted by Gasteiger charge is -2.24. The van der Waals surface area contributed by atoms with E-state index in [9.17, 15) is 4.79 Å². The first kappa shape index (κ1) is 14.2. The Morgan fingerprint density at radius 1 is 1.05 bits per heavy atom. The average Bonchev–Trinajstić information content (AvgIpc) is 2.45. The number of carbonyl (C=O) groups excluding carboxylic acids is 1. The van der Waals surface area contributed by atoms with Gasteiger partial charge in [0, 0.05) is 16.6 Å². The van der Waals surface area contributed by atoms with E-state index in [-0.39, 0.29) is 11.8 Å². The van der Waals surface area contributed by atoms with Crippen LogP contribution in [-0.2, 0) is 10.5 Å². The van der Waals surface area contributed by atoms with Crippen LogP contribution in [0, 0.1) is 5.92 Å². The highest BCUT2D eigenvalue weighted by Gasteiger charge is 2.25. The fourth-order valence-corrected chi connectivity index (χ4v) is 3.30. The third kappa shape index (κ3) is 3.67. The number of carbonyl (C=O) groups is 1. The second kappa shape index (κ2) is 6.81. The third-order valence-electron chi connectivity index (χ3n) is 3.86. The highest BCUT2D eigenvalue weighted by Crippen LogP contribution is 2.32. The number of thioether (sulfide) groups is 1. The maximum atomic E-state index is 12.1. The normalized spacial score (nSPS) is 14.5. The van der Waals surface area contributed by atoms with E-state index < -0.39 is 0 Å². The van der Waals surface area contributed by atoms with Gasteiger partial charge in [-0.2, -0.15) is 0 Å². The minimum absolute atomic E-state index is 0.175. The van der Waals surface area contributed by atoms with Gasteiger partial charge in [0.1, 0.15) is 0 Å². The van der Waals surface area contributed by atoms with E-state index in [4.69, 9.17) is 0 Å². The average molecular weight is 297 g/mol. The molecule has 1 N–H and O–H groups in total. The Balaban J connectivity index is 1.66. The van der Waals surface area contributed by atoms with Gasteiger partial charge >= 0.3 is 0 Å². The van der Waals surface area contributed by atoms with Gasteiger partial charge in [0.25, 0.3) is 0 Å². The second-order valence-corrected chi connectivity index (χ2v) is 6.40. The molecular formula is C18H19NOS. The summed E-state index contributed by atoms with van der Waals surface area (Å²) >= 11 is 1.76. The van der Waals surface area contributed by atoms with Gasteiger partial charge in [0.15, 0.2) is 0 Å². The standard InChI is InChI=1S/C18H19NOS/c20-18(15-9-6-10-15)19-16-11-4-5-12-17(16)21-13-14-7-2-1-3-8-14/h1-5,7-8,11-12,15H,6,9-10,13H2,(H,19,20). The summed E-state index contributed by atoms with van der Waals surface area (Å²) in [4.78, 5) is 13.2. The van der Waals surface area contributed by atoms with Crippen LogP contribution in [0.1, 0.15) is 24.8 Å². The lowest BCUT2D eigenvalue weighted by molar-refractivity contribution is -0.122. The fourth-order valence-electron chi connectivity index (χ4n) is 2.34. The molecule has 0 aliphatic heterocycles. The zero-order valence-corrected chi connectivity index (χ0v) is 12.7. The van der Waals surface area contributed by atoms with Crippen LogP contribution in [0.3, 0.4) is 0 Å². The Labute approximate surface area is 130 Å². The molecular weight excluding hydrogens is 278 g/mol. The molecule has 0 unspecified atom stereocenters. The number of rotatable bonds is 5. The van der Waals surface area contributed by atoms with Crippen LogP contribution in [0.4, 0.5) is 5.69 Å². The fraction of sp³-hybridized carbons (Fsp3) is 0.278. The molecule has 0 atom stereocenters. The van der Waals surface area contributed by atoms with Crippen LogP contribution in [0.15, 0.2) is 59.5 Å². The van der Waals surface area contributed by atoms with Crippen molar-refractivity contribution >= 4 is 23.4 Å². The van der Waals surface area contributed by atoms with Crippen LogP contribution in [0.25, 0.3) is 0 Å². The van der Waals surface area contributed by atoms with E-state index in [1.807, 2.05) is 24.3 Å². The lowest BCUT2D eigenvalue weighted by Crippen LogP contribution is -2.28. The zero-order valence-electron chi connectivity index (χ0n) is 11.9. The number of nitrogens with one attached hydrogen (secondary N) is 1. The van der Waals surface area contributed by atoms with Crippen molar-refractivity contribution in [3.05, 3.63) is 60.2 Å². The molecule has 21 heavy (non-hydrogen) atoms. The van der Waals surface area contributed by atoms with Crippen LogP contribution in [0.2, 0.25) is 0 Å². The number of hydrogen-bond acceptors (Lipinski definition) is 2. The summed E-state index contributed by atoms with van der Waals surface area (Å²) in [6, 6.07) is 18.5. The predicted octanol–water partition coefficient (Wildman–Crippen LogP) is 4.72. The molecule has 1 amide bonds. The van der Waals surface area contributed by atoms with E-state index in [1.54, 1.807) is 11.8 Å². The quantitative estimate of drug-likeness (QED) is 0.809. The van der Waals surface area contributed by atoms with Crippen molar-refractivity contribution < 1.29 is 4.79 Å². The molecule has 0 spiro atoms. The first-order valence-electron chi connectivity index (χ1n) is 7.39. The van der Waals surface area contributed by atoms with Gasteiger partial charge < -0.3 is 5.32 Å². The lowest BCUT2D eigenvalue weighted by atomic mass is 9.85. The predicted molar refractivity (Wildman–Crippen MR) is 88.4 cm³/mol. The number of benzene rings is 2. The summed E-state index contributed by atoms with van der Waals surface area (Å²) in [7, 11) is 0. The van der Waals surface area contributed by atoms with Crippen LogP contribution in [-0.4, -0.2) is 5.91 Å². The molecule has 1 aliphatic rings. The highest BCUT2D eigenvalue weighted by atomic mass is 32.2. The smallest absolute Gasteiger partial charge is 0.227 e. The molecule has 3 heteroatoms. The van der Waals surface area contributed by atoms with E-state index in [0.29, 0.717) is 0 Å². The Morgan fingerprint density at radius 3 is 2.48 bits per heavy atom. The maximum Gasteiger partial charge on any atom is 0.227 e. The largest absolute Gasteiger partial charge is 0.325 e. The number of hydrogen-bond donors (Lipinski definition) is 1. The third-order valence-corrected chi connectivity index (χ3v) is 5.00. The van der Waals surface area contributed by atoms with Gasteiger partial charge in [0.2, 0.25) is 5.91 Å². The molecule has 1 aliphatic carbocycles. The monoisotopic (exact) mass is 297 g/mol. The van der Waals surface area contributed by atoms with Crippen LogP contribution >= 0.6 is 11.8 Å². The summed E-state index contributed by atoms with van der Waals surface area (Å²) in [6.45, 7) is 0. The Bertz CT molecular complexity index is 608. The van der Waals surface area contributed by atoms with Crippen molar-refractivity contribution in [2.24, 2.45) is 5.92 Å². The summed E-state index contributed by atoms with van der Waals surface area (Å²) in [5, 5.41) is 3.09. The van der Waals surface area contributed by atoms with Crippen LogP contribution < -0.4 is 5.32 Å². The Hall–Kier alpha value is -1.74. The van der Waals surface area contributed by atoms with Crippen molar-refractivity contribution in [2.45, 2.75) is 29.9 Å². The molecule has 1 fully saturated rings. The molecule has 1 saturated carbocycles. The van der Waals surface area contributed by atoms with E-state index in [1.165, 1.54) is 12.0 Å². The van der Waals surface area contributed by atoms with Gasteiger partial charge in [-0.1, -0.05) is 48.9 Å². The molecule has 2 aromatic carbocycles. The number of para-hydroxylation sites is 1. The number of amides is 1. The summed E-state index contributed by atoms with van der Waals surface area (Å²) in [6.07, 6.45) is 3.25. The molecule has 0 heterocycles. The zero-order chi connectivity index (χ0) is 14.5. The summed E-state index contributed by atoms with van der Waals surface area (Å²) in [5.74, 6) is 1.31. The van der Waals surface area contributed by atoms with Crippen molar-refractivity contribution in [2.75, 3.05) is 5.32 Å². The first-order valence-corrected chi connectivity index (χ1v) is 8.38.